The van der Waals surface area contributed by atoms with E-state index in [9.17, 15) is 4.79 Å². The molecule has 0 unspecified atom stereocenters. The van der Waals surface area contributed by atoms with Gasteiger partial charge < -0.3 is 19.1 Å². The summed E-state index contributed by atoms with van der Waals surface area (Å²) in [5.41, 5.74) is 1.66. The van der Waals surface area contributed by atoms with Gasteiger partial charge in [-0.3, -0.25) is 4.79 Å². The number of benzene rings is 2. The van der Waals surface area contributed by atoms with Crippen LogP contribution in [-0.4, -0.2) is 49.2 Å². The Balaban J connectivity index is 2.04. The van der Waals surface area contributed by atoms with Crippen molar-refractivity contribution in [2.45, 2.75) is 52.1 Å². The topological polar surface area (TPSA) is 48.0 Å². The molecule has 0 aliphatic heterocycles. The van der Waals surface area contributed by atoms with Crippen LogP contribution in [0, 0.1) is 0 Å². The number of hydrogen-bond donors (Lipinski definition) is 0. The van der Waals surface area contributed by atoms with Crippen molar-refractivity contribution < 1.29 is 19.0 Å². The Labute approximate surface area is 230 Å². The van der Waals surface area contributed by atoms with E-state index < -0.39 is 12.1 Å². The van der Waals surface area contributed by atoms with Crippen molar-refractivity contribution in [2.75, 3.05) is 32.2 Å². The van der Waals surface area contributed by atoms with Gasteiger partial charge >= 0.3 is 5.97 Å². The molecule has 8 heteroatoms. The number of carbonyl (C=O) groups is 1. The van der Waals surface area contributed by atoms with Gasteiger partial charge in [-0.2, -0.15) is 0 Å². The Bertz CT molecular complexity index is 972. The van der Waals surface area contributed by atoms with E-state index in [2.05, 4.69) is 44.4 Å². The van der Waals surface area contributed by atoms with Crippen LogP contribution in [0.2, 0.25) is 10.0 Å². The Kier molecular flexibility index (Phi) is 12.2. The fraction of sp³-hybridized carbons (Fsp3) is 0.464. The molecule has 1 atom stereocenters. The predicted molar refractivity (Wildman–Crippen MR) is 149 cm³/mol. The summed E-state index contributed by atoms with van der Waals surface area (Å²) in [6, 6.07) is 11.8. The zero-order valence-corrected chi connectivity index (χ0v) is 23.8. The van der Waals surface area contributed by atoms with E-state index in [1.165, 1.54) is 6.92 Å². The minimum Gasteiger partial charge on any atom is -0.494 e. The number of ether oxygens (including phenoxy) is 3. The average Bonchev–Trinajstić information content (AvgIpc) is 2.84. The first-order valence-electron chi connectivity index (χ1n) is 12.1. The van der Waals surface area contributed by atoms with Gasteiger partial charge in [0.2, 0.25) is 0 Å². The van der Waals surface area contributed by atoms with Crippen LogP contribution in [0.3, 0.4) is 0 Å². The highest BCUT2D eigenvalue weighted by Gasteiger charge is 2.26. The van der Waals surface area contributed by atoms with Gasteiger partial charge in [-0.15, -0.1) is 11.6 Å². The highest BCUT2D eigenvalue weighted by atomic mass is 35.5. The third-order valence-electron chi connectivity index (χ3n) is 5.84. The molecule has 0 spiro atoms. The van der Waals surface area contributed by atoms with Crippen LogP contribution in [0.5, 0.6) is 11.5 Å². The Hall–Kier alpha value is -2.08. The van der Waals surface area contributed by atoms with Crippen LogP contribution >= 0.6 is 34.8 Å². The van der Waals surface area contributed by atoms with Gasteiger partial charge in [-0.05, 0) is 54.4 Å². The number of carbonyl (C=O) groups excluding carboxylic acids is 1. The van der Waals surface area contributed by atoms with Crippen LogP contribution in [0.25, 0.3) is 0 Å². The third-order valence-corrected chi connectivity index (χ3v) is 6.75. The van der Waals surface area contributed by atoms with E-state index in [1.807, 2.05) is 30.5 Å². The Morgan fingerprint density at radius 1 is 1.08 bits per heavy atom. The smallest absolute Gasteiger partial charge is 0.303 e. The Morgan fingerprint density at radius 3 is 2.25 bits per heavy atom. The average molecular weight is 557 g/mol. The molecule has 0 saturated heterocycles. The molecule has 0 heterocycles. The lowest BCUT2D eigenvalue weighted by Gasteiger charge is -2.27. The summed E-state index contributed by atoms with van der Waals surface area (Å²) >= 11 is 18.9. The molecule has 2 aromatic rings. The van der Waals surface area contributed by atoms with Gasteiger partial charge in [0.25, 0.3) is 0 Å². The highest BCUT2D eigenvalue weighted by Crippen LogP contribution is 2.40. The van der Waals surface area contributed by atoms with E-state index in [0.29, 0.717) is 22.4 Å². The predicted octanol–water partition coefficient (Wildman–Crippen LogP) is 7.49. The second-order valence-corrected chi connectivity index (χ2v) is 10.2. The summed E-state index contributed by atoms with van der Waals surface area (Å²) in [4.78, 5) is 13.4. The molecular weight excluding hydrogens is 521 g/mol. The standard InChI is InChI=1S/C28H36Cl3NO4/c1-6-13-32(7-2)14-8-15-34-23-11-9-21(10-12-23)28(4,5)22-16-25(30)27(26(31)17-22)35-19-24(18-29)36-20(3)33/h7,9-12,16-17,24H,2,6,8,13-15,18-19H2,1,3-5H3/t24-/m0/s1. The molecule has 198 valence electrons. The van der Waals surface area contributed by atoms with Crippen molar-refractivity contribution in [2.24, 2.45) is 0 Å². The van der Waals surface area contributed by atoms with Crippen LogP contribution in [-0.2, 0) is 14.9 Å². The zero-order chi connectivity index (χ0) is 26.7. The first-order chi connectivity index (χ1) is 17.1. The van der Waals surface area contributed by atoms with E-state index in [-0.39, 0.29) is 17.9 Å². The lowest BCUT2D eigenvalue weighted by Crippen LogP contribution is -2.26. The van der Waals surface area contributed by atoms with Gasteiger partial charge in [0, 0.05) is 25.4 Å². The first-order valence-corrected chi connectivity index (χ1v) is 13.4. The van der Waals surface area contributed by atoms with Crippen molar-refractivity contribution in [1.82, 2.24) is 4.90 Å². The summed E-state index contributed by atoms with van der Waals surface area (Å²) in [6.45, 7) is 14.2. The van der Waals surface area contributed by atoms with E-state index >= 15 is 0 Å². The van der Waals surface area contributed by atoms with Crippen molar-refractivity contribution in [3.8, 4) is 11.5 Å². The molecule has 2 rings (SSSR count). The zero-order valence-electron chi connectivity index (χ0n) is 21.5. The molecule has 0 amide bonds. The summed E-state index contributed by atoms with van der Waals surface area (Å²) in [7, 11) is 0. The fourth-order valence-electron chi connectivity index (χ4n) is 3.75. The molecule has 0 aliphatic rings. The molecule has 0 saturated carbocycles. The number of halogens is 3. The molecule has 0 bridgehead atoms. The number of rotatable bonds is 15. The summed E-state index contributed by atoms with van der Waals surface area (Å²) in [6.07, 6.45) is 3.32. The van der Waals surface area contributed by atoms with E-state index in [0.717, 1.165) is 42.8 Å². The molecule has 0 aliphatic carbocycles. The van der Waals surface area contributed by atoms with E-state index in [1.54, 1.807) is 0 Å². The van der Waals surface area contributed by atoms with Crippen LogP contribution in [0.1, 0.15) is 51.7 Å². The second-order valence-electron chi connectivity index (χ2n) is 9.04. The molecular formula is C28H36Cl3NO4. The maximum atomic E-state index is 11.2. The van der Waals surface area contributed by atoms with Crippen molar-refractivity contribution in [3.63, 3.8) is 0 Å². The molecule has 0 aromatic heterocycles. The molecule has 0 fully saturated rings. The summed E-state index contributed by atoms with van der Waals surface area (Å²) in [5, 5.41) is 0.747. The summed E-state index contributed by atoms with van der Waals surface area (Å²) in [5.74, 6) is 0.835. The van der Waals surface area contributed by atoms with Gasteiger partial charge in [0.1, 0.15) is 18.5 Å². The molecule has 2 aromatic carbocycles. The van der Waals surface area contributed by atoms with Gasteiger partial charge in [-0.1, -0.05) is 62.7 Å². The monoisotopic (exact) mass is 555 g/mol. The van der Waals surface area contributed by atoms with Crippen LogP contribution < -0.4 is 9.47 Å². The number of nitrogens with zero attached hydrogens (tertiary/aromatic N) is 1. The van der Waals surface area contributed by atoms with Crippen molar-refractivity contribution >= 4 is 40.8 Å². The van der Waals surface area contributed by atoms with Crippen LogP contribution in [0.15, 0.2) is 49.2 Å². The molecule has 0 N–H and O–H groups in total. The van der Waals surface area contributed by atoms with E-state index in [4.69, 9.17) is 49.0 Å². The molecule has 5 nitrogen and oxygen atoms in total. The number of alkyl halides is 1. The van der Waals surface area contributed by atoms with Crippen molar-refractivity contribution in [1.29, 1.82) is 0 Å². The lowest BCUT2D eigenvalue weighted by molar-refractivity contribution is -0.146. The minimum atomic E-state index is -0.592. The minimum absolute atomic E-state index is 0.0525. The Morgan fingerprint density at radius 2 is 1.72 bits per heavy atom. The molecule has 0 radical (unpaired) electrons. The summed E-state index contributed by atoms with van der Waals surface area (Å²) < 4.78 is 16.8. The fourth-order valence-corrected chi connectivity index (χ4v) is 4.50. The lowest BCUT2D eigenvalue weighted by atomic mass is 9.78. The van der Waals surface area contributed by atoms with Gasteiger partial charge in [0.15, 0.2) is 5.75 Å². The number of esters is 1. The second kappa shape index (κ2) is 14.6. The van der Waals surface area contributed by atoms with Crippen molar-refractivity contribution in [3.05, 3.63) is 70.3 Å². The molecule has 36 heavy (non-hydrogen) atoms. The maximum Gasteiger partial charge on any atom is 0.303 e. The number of hydrogen-bond acceptors (Lipinski definition) is 5. The van der Waals surface area contributed by atoms with Gasteiger partial charge in [0.05, 0.1) is 22.5 Å². The van der Waals surface area contributed by atoms with Gasteiger partial charge in [-0.25, -0.2) is 0 Å². The highest BCUT2D eigenvalue weighted by molar-refractivity contribution is 6.37. The largest absolute Gasteiger partial charge is 0.494 e. The van der Waals surface area contributed by atoms with Crippen LogP contribution in [0.4, 0.5) is 0 Å². The quantitative estimate of drug-likeness (QED) is 0.129. The third kappa shape index (κ3) is 8.79. The maximum absolute atomic E-state index is 11.2. The SMILES string of the molecule is C=CN(CCC)CCCOc1ccc(C(C)(C)c2cc(Cl)c(OC[C@H](CCl)OC(C)=O)c(Cl)c2)cc1. The normalized spacial score (nSPS) is 12.1. The first kappa shape index (κ1) is 30.1.